The molecule has 8 heteroatoms. The smallest absolute Gasteiger partial charge is 0.295 e. The number of methoxy groups -OCH3 is 1. The summed E-state index contributed by atoms with van der Waals surface area (Å²) in [5, 5.41) is 11.0. The Morgan fingerprint density at radius 3 is 2.41 bits per heavy atom. The Morgan fingerprint density at radius 2 is 1.78 bits per heavy atom. The predicted molar refractivity (Wildman–Crippen MR) is 115 cm³/mol. The first-order valence-corrected chi connectivity index (χ1v) is 10.6. The number of likely N-dealkylation sites (tertiary alicyclic amines) is 1. The third-order valence-electron chi connectivity index (χ3n) is 6.00. The maximum atomic E-state index is 13.6. The number of amides is 1. The van der Waals surface area contributed by atoms with E-state index in [0.29, 0.717) is 43.2 Å². The van der Waals surface area contributed by atoms with Gasteiger partial charge in [0, 0.05) is 5.56 Å². The van der Waals surface area contributed by atoms with Crippen LogP contribution in [0, 0.1) is 5.82 Å². The van der Waals surface area contributed by atoms with Gasteiger partial charge < -0.3 is 24.4 Å². The molecule has 2 aliphatic heterocycles. The van der Waals surface area contributed by atoms with Crippen molar-refractivity contribution in [2.24, 2.45) is 0 Å². The molecule has 7 nitrogen and oxygen atoms in total. The van der Waals surface area contributed by atoms with Crippen molar-refractivity contribution in [3.8, 4) is 5.75 Å². The number of quaternary nitrogens is 1. The van der Waals surface area contributed by atoms with E-state index in [4.69, 9.17) is 9.47 Å². The van der Waals surface area contributed by atoms with E-state index in [1.54, 1.807) is 36.4 Å². The van der Waals surface area contributed by atoms with Gasteiger partial charge >= 0.3 is 0 Å². The fraction of sp³-hybridized carbons (Fsp3) is 0.333. The number of nitrogens with zero attached hydrogens (tertiary/aromatic N) is 1. The van der Waals surface area contributed by atoms with Crippen molar-refractivity contribution in [2.45, 2.75) is 6.04 Å². The zero-order valence-electron chi connectivity index (χ0n) is 17.8. The van der Waals surface area contributed by atoms with Gasteiger partial charge in [-0.05, 0) is 42.0 Å². The Kier molecular flexibility index (Phi) is 6.53. The Bertz CT molecular complexity index is 1010. The van der Waals surface area contributed by atoms with Crippen LogP contribution < -0.4 is 9.64 Å². The van der Waals surface area contributed by atoms with Crippen LogP contribution in [0.2, 0.25) is 0 Å². The zero-order valence-corrected chi connectivity index (χ0v) is 17.8. The third kappa shape index (κ3) is 4.37. The van der Waals surface area contributed by atoms with Crippen molar-refractivity contribution in [3.63, 3.8) is 0 Å². The van der Waals surface area contributed by atoms with E-state index in [0.717, 1.165) is 13.1 Å². The summed E-state index contributed by atoms with van der Waals surface area (Å²) >= 11 is 0. The lowest BCUT2D eigenvalue weighted by Gasteiger charge is -2.29. The first-order valence-electron chi connectivity index (χ1n) is 10.6. The van der Waals surface area contributed by atoms with Crippen molar-refractivity contribution in [1.29, 1.82) is 0 Å². The number of ether oxygens (including phenoxy) is 2. The van der Waals surface area contributed by atoms with Crippen LogP contribution in [0.3, 0.4) is 0 Å². The number of nitrogens with one attached hydrogen (secondary N) is 1. The average molecular weight is 441 g/mol. The van der Waals surface area contributed by atoms with Crippen molar-refractivity contribution < 1.29 is 33.5 Å². The molecule has 4 rings (SSSR count). The van der Waals surface area contributed by atoms with E-state index in [2.05, 4.69) is 0 Å². The summed E-state index contributed by atoms with van der Waals surface area (Å²) in [4.78, 5) is 28.8. The van der Waals surface area contributed by atoms with Crippen LogP contribution in [0.1, 0.15) is 17.2 Å². The fourth-order valence-corrected chi connectivity index (χ4v) is 4.20. The highest BCUT2D eigenvalue weighted by Crippen LogP contribution is 2.39. The number of ketones is 1. The molecule has 0 bridgehead atoms. The minimum Gasteiger partial charge on any atom is -0.507 e. The van der Waals surface area contributed by atoms with E-state index in [1.165, 1.54) is 29.0 Å². The summed E-state index contributed by atoms with van der Waals surface area (Å²) in [6.07, 6.45) is 0. The van der Waals surface area contributed by atoms with E-state index >= 15 is 0 Å². The van der Waals surface area contributed by atoms with E-state index in [1.807, 2.05) is 0 Å². The van der Waals surface area contributed by atoms with Crippen molar-refractivity contribution >= 4 is 17.4 Å². The molecule has 1 atom stereocenters. The number of hydrogen-bond acceptors (Lipinski definition) is 5. The molecule has 2 fully saturated rings. The Labute approximate surface area is 185 Å². The number of halogens is 1. The summed E-state index contributed by atoms with van der Waals surface area (Å²) in [5.74, 6) is -1.49. The number of hydrogen-bond donors (Lipinski definition) is 2. The van der Waals surface area contributed by atoms with Gasteiger partial charge in [-0.2, -0.15) is 0 Å². The van der Waals surface area contributed by atoms with Crippen LogP contribution in [-0.2, 0) is 14.3 Å². The fourth-order valence-electron chi connectivity index (χ4n) is 4.20. The summed E-state index contributed by atoms with van der Waals surface area (Å²) < 4.78 is 24.1. The largest absolute Gasteiger partial charge is 0.507 e. The second-order valence-corrected chi connectivity index (χ2v) is 7.88. The lowest BCUT2D eigenvalue weighted by atomic mass is 9.95. The van der Waals surface area contributed by atoms with Crippen molar-refractivity contribution in [3.05, 3.63) is 71.0 Å². The number of aliphatic hydroxyl groups excluding tert-OH is 1. The highest BCUT2D eigenvalue weighted by atomic mass is 19.1. The molecular formula is C24H26FN2O5+. The molecule has 2 N–H and O–H groups in total. The molecule has 0 radical (unpaired) electrons. The predicted octanol–water partition coefficient (Wildman–Crippen LogP) is 1.17. The molecular weight excluding hydrogens is 415 g/mol. The van der Waals surface area contributed by atoms with Crippen LogP contribution in [0.15, 0.2) is 54.1 Å². The molecule has 1 unspecified atom stereocenters. The topological polar surface area (TPSA) is 80.5 Å². The first-order chi connectivity index (χ1) is 15.5. The number of carbonyl (C=O) groups excluding carboxylic acids is 2. The Balaban J connectivity index is 1.71. The summed E-state index contributed by atoms with van der Waals surface area (Å²) in [6.45, 7) is 3.96. The van der Waals surface area contributed by atoms with Crippen LogP contribution in [0.4, 0.5) is 4.39 Å². The summed E-state index contributed by atoms with van der Waals surface area (Å²) in [5.41, 5.74) is 0.969. The Hall–Kier alpha value is -3.23. The van der Waals surface area contributed by atoms with Gasteiger partial charge in [0.1, 0.15) is 30.4 Å². The maximum absolute atomic E-state index is 13.6. The lowest BCUT2D eigenvalue weighted by Crippen LogP contribution is -3.14. The molecule has 168 valence electrons. The molecule has 0 saturated carbocycles. The maximum Gasteiger partial charge on any atom is 0.295 e. The average Bonchev–Trinajstić information content (AvgIpc) is 3.08. The van der Waals surface area contributed by atoms with Crippen LogP contribution in [0.5, 0.6) is 5.75 Å². The molecule has 0 spiro atoms. The molecule has 0 aliphatic carbocycles. The number of rotatable bonds is 6. The van der Waals surface area contributed by atoms with Gasteiger partial charge in [-0.25, -0.2) is 4.39 Å². The van der Waals surface area contributed by atoms with Crippen molar-refractivity contribution in [2.75, 3.05) is 46.5 Å². The zero-order chi connectivity index (χ0) is 22.7. The number of benzene rings is 2. The van der Waals surface area contributed by atoms with E-state index in [9.17, 15) is 19.1 Å². The molecule has 2 heterocycles. The summed E-state index contributed by atoms with van der Waals surface area (Å²) in [6, 6.07) is 11.5. The van der Waals surface area contributed by atoms with Gasteiger partial charge in [0.15, 0.2) is 0 Å². The Morgan fingerprint density at radius 1 is 1.12 bits per heavy atom. The standard InChI is InChI=1S/C24H25FN2O5/c1-31-19-8-4-17(5-9-19)22(28)20-21(16-2-6-18(25)7-3-16)27(24(30)23(20)29)11-10-26-12-14-32-15-13-26/h2-9,21,28H,10-15H2,1H3/p+1. The van der Waals surface area contributed by atoms with Crippen LogP contribution >= 0.6 is 0 Å². The molecule has 0 aromatic heterocycles. The van der Waals surface area contributed by atoms with Crippen LogP contribution in [-0.4, -0.2) is 68.2 Å². The monoisotopic (exact) mass is 441 g/mol. The number of Topliss-reactive ketones (excluding diaryl/α,β-unsaturated/α-hetero) is 1. The second kappa shape index (κ2) is 9.50. The van der Waals surface area contributed by atoms with Gasteiger partial charge in [0.25, 0.3) is 11.7 Å². The van der Waals surface area contributed by atoms with Gasteiger partial charge in [-0.1, -0.05) is 12.1 Å². The summed E-state index contributed by atoms with van der Waals surface area (Å²) in [7, 11) is 1.53. The highest BCUT2D eigenvalue weighted by molar-refractivity contribution is 6.46. The van der Waals surface area contributed by atoms with Crippen LogP contribution in [0.25, 0.3) is 5.76 Å². The van der Waals surface area contributed by atoms with E-state index < -0.39 is 23.5 Å². The highest BCUT2D eigenvalue weighted by Gasteiger charge is 2.46. The molecule has 2 saturated heterocycles. The molecule has 2 aromatic rings. The quantitative estimate of drug-likeness (QED) is 0.400. The third-order valence-corrected chi connectivity index (χ3v) is 6.00. The number of aliphatic hydroxyl groups is 1. The van der Waals surface area contributed by atoms with E-state index in [-0.39, 0.29) is 11.3 Å². The van der Waals surface area contributed by atoms with Crippen molar-refractivity contribution in [1.82, 2.24) is 4.90 Å². The minimum absolute atomic E-state index is 0.00347. The van der Waals surface area contributed by atoms with Gasteiger partial charge in [0.05, 0.1) is 45.0 Å². The second-order valence-electron chi connectivity index (χ2n) is 7.88. The first kappa shape index (κ1) is 22.0. The van der Waals surface area contributed by atoms with Gasteiger partial charge in [-0.3, -0.25) is 9.59 Å². The molecule has 2 aromatic carbocycles. The molecule has 32 heavy (non-hydrogen) atoms. The number of carbonyl (C=O) groups is 2. The minimum atomic E-state index is -0.793. The molecule has 1 amide bonds. The molecule has 2 aliphatic rings. The number of morpholine rings is 1. The lowest BCUT2D eigenvalue weighted by molar-refractivity contribution is -0.907. The van der Waals surface area contributed by atoms with Gasteiger partial charge in [-0.15, -0.1) is 0 Å². The normalized spacial score (nSPS) is 21.2. The SMILES string of the molecule is COc1ccc(C(O)=C2C(=O)C(=O)N(CC[NH+]3CCOCC3)C2c2ccc(F)cc2)cc1. The van der Waals surface area contributed by atoms with Gasteiger partial charge in [0.2, 0.25) is 0 Å².